The Bertz CT molecular complexity index is 1200. The van der Waals surface area contributed by atoms with Crippen LogP contribution in [0.1, 0.15) is 39.3 Å². The summed E-state index contributed by atoms with van der Waals surface area (Å²) in [6.07, 6.45) is 2.13. The Labute approximate surface area is 184 Å². The summed E-state index contributed by atoms with van der Waals surface area (Å²) in [5.74, 6) is -0.652. The molecule has 0 saturated carbocycles. The molecule has 2 heterocycles. The molecule has 1 aromatic heterocycles. The molecule has 0 atom stereocenters. The molecule has 1 amide bonds. The second kappa shape index (κ2) is 8.86. The Hall–Kier alpha value is -2.62. The van der Waals surface area contributed by atoms with E-state index in [1.165, 1.54) is 46.0 Å². The van der Waals surface area contributed by atoms with Gasteiger partial charge in [-0.1, -0.05) is 18.2 Å². The van der Waals surface area contributed by atoms with Crippen LogP contribution >= 0.6 is 11.3 Å². The maximum absolute atomic E-state index is 13.9. The number of carbonyl (C=O) groups excluding carboxylic acids is 1. The lowest BCUT2D eigenvalue weighted by molar-refractivity contribution is 0.102. The maximum Gasteiger partial charge on any atom is 0.257 e. The van der Waals surface area contributed by atoms with Gasteiger partial charge in [0.1, 0.15) is 5.82 Å². The minimum atomic E-state index is -3.51. The van der Waals surface area contributed by atoms with E-state index in [-0.39, 0.29) is 16.6 Å². The molecule has 4 rings (SSSR count). The molecule has 1 aliphatic rings. The number of halogens is 1. The standard InChI is InChI=1S/C22H22FN3O3S2/c1-15-20(14-17-6-2-3-7-19(17)23)30-22(24-15)25-21(27)16-8-10-18(11-9-16)31(28,29)26-12-4-5-13-26/h2-3,6-11H,4-5,12-14H2,1H3,(H,24,25,27). The average Bonchev–Trinajstić information content (AvgIpc) is 3.41. The van der Waals surface area contributed by atoms with Gasteiger partial charge in [-0.05, 0) is 55.7 Å². The number of nitrogens with zero attached hydrogens (tertiary/aromatic N) is 2. The number of anilines is 1. The quantitative estimate of drug-likeness (QED) is 0.599. The molecule has 0 aliphatic carbocycles. The normalized spacial score (nSPS) is 14.6. The number of benzene rings is 2. The fourth-order valence-electron chi connectivity index (χ4n) is 3.49. The minimum Gasteiger partial charge on any atom is -0.298 e. The number of amides is 1. The number of aromatic nitrogens is 1. The van der Waals surface area contributed by atoms with E-state index >= 15 is 0 Å². The van der Waals surface area contributed by atoms with Gasteiger partial charge in [0.15, 0.2) is 5.13 Å². The van der Waals surface area contributed by atoms with Crippen molar-refractivity contribution in [2.45, 2.75) is 31.1 Å². The number of aryl methyl sites for hydroxylation is 1. The SMILES string of the molecule is Cc1nc(NC(=O)c2ccc(S(=O)(=O)N3CCCC3)cc2)sc1Cc1ccccc1F. The summed E-state index contributed by atoms with van der Waals surface area (Å²) in [5, 5.41) is 3.17. The zero-order chi connectivity index (χ0) is 22.0. The number of hydrogen-bond donors (Lipinski definition) is 1. The number of sulfonamides is 1. The summed E-state index contributed by atoms with van der Waals surface area (Å²) in [6, 6.07) is 12.5. The lowest BCUT2D eigenvalue weighted by atomic mass is 10.1. The lowest BCUT2D eigenvalue weighted by Crippen LogP contribution is -2.27. The summed E-state index contributed by atoms with van der Waals surface area (Å²) < 4.78 is 40.6. The lowest BCUT2D eigenvalue weighted by Gasteiger charge is -2.15. The Morgan fingerprint density at radius 3 is 2.48 bits per heavy atom. The molecule has 9 heteroatoms. The molecule has 1 N–H and O–H groups in total. The highest BCUT2D eigenvalue weighted by Gasteiger charge is 2.27. The van der Waals surface area contributed by atoms with E-state index in [1.54, 1.807) is 18.2 Å². The molecule has 1 fully saturated rings. The molecule has 1 saturated heterocycles. The molecule has 3 aromatic rings. The van der Waals surface area contributed by atoms with Crippen molar-refractivity contribution < 1.29 is 17.6 Å². The van der Waals surface area contributed by atoms with Gasteiger partial charge in [0.25, 0.3) is 5.91 Å². The predicted octanol–water partition coefficient (Wildman–Crippen LogP) is 4.22. The number of rotatable bonds is 6. The average molecular weight is 460 g/mol. The minimum absolute atomic E-state index is 0.184. The predicted molar refractivity (Wildman–Crippen MR) is 118 cm³/mol. The summed E-state index contributed by atoms with van der Waals surface area (Å²) >= 11 is 1.30. The van der Waals surface area contributed by atoms with Crippen molar-refractivity contribution >= 4 is 32.4 Å². The fraction of sp³-hybridized carbons (Fsp3) is 0.273. The van der Waals surface area contributed by atoms with E-state index < -0.39 is 10.0 Å². The van der Waals surface area contributed by atoms with Gasteiger partial charge in [0.2, 0.25) is 10.0 Å². The summed E-state index contributed by atoms with van der Waals surface area (Å²) in [6.45, 7) is 2.88. The van der Waals surface area contributed by atoms with Crippen molar-refractivity contribution in [3.63, 3.8) is 0 Å². The molecule has 0 unspecified atom stereocenters. The van der Waals surface area contributed by atoms with Crippen molar-refractivity contribution in [1.82, 2.24) is 9.29 Å². The Morgan fingerprint density at radius 1 is 1.13 bits per heavy atom. The Balaban J connectivity index is 1.45. The molecule has 2 aromatic carbocycles. The van der Waals surface area contributed by atoms with Crippen LogP contribution in [0.2, 0.25) is 0 Å². The summed E-state index contributed by atoms with van der Waals surface area (Å²) in [7, 11) is -3.51. The molecule has 162 valence electrons. The topological polar surface area (TPSA) is 79.4 Å². The Morgan fingerprint density at radius 2 is 1.81 bits per heavy atom. The van der Waals surface area contributed by atoms with Crippen molar-refractivity contribution in [2.75, 3.05) is 18.4 Å². The number of carbonyl (C=O) groups is 1. The molecule has 31 heavy (non-hydrogen) atoms. The first-order valence-electron chi connectivity index (χ1n) is 9.96. The maximum atomic E-state index is 13.9. The van der Waals surface area contributed by atoms with Gasteiger partial charge in [-0.15, -0.1) is 11.3 Å². The van der Waals surface area contributed by atoms with Crippen LogP contribution in [0, 0.1) is 12.7 Å². The van der Waals surface area contributed by atoms with E-state index in [0.29, 0.717) is 35.8 Å². The smallest absolute Gasteiger partial charge is 0.257 e. The fourth-order valence-corrected chi connectivity index (χ4v) is 5.98. The molecular formula is C22H22FN3O3S2. The number of hydrogen-bond acceptors (Lipinski definition) is 5. The first kappa shape index (κ1) is 21.6. The summed E-state index contributed by atoms with van der Waals surface area (Å²) in [5.41, 5.74) is 1.64. The van der Waals surface area contributed by atoms with Gasteiger partial charge >= 0.3 is 0 Å². The van der Waals surface area contributed by atoms with Crippen LogP contribution < -0.4 is 5.32 Å². The van der Waals surface area contributed by atoms with Gasteiger partial charge in [-0.2, -0.15) is 4.31 Å². The molecule has 0 spiro atoms. The second-order valence-corrected chi connectivity index (χ2v) is 10.4. The van der Waals surface area contributed by atoms with E-state index in [2.05, 4.69) is 10.3 Å². The highest BCUT2D eigenvalue weighted by Crippen LogP contribution is 2.27. The van der Waals surface area contributed by atoms with E-state index in [0.717, 1.165) is 23.4 Å². The molecular weight excluding hydrogens is 437 g/mol. The van der Waals surface area contributed by atoms with Gasteiger partial charge < -0.3 is 0 Å². The van der Waals surface area contributed by atoms with Crippen LogP contribution in [0.25, 0.3) is 0 Å². The van der Waals surface area contributed by atoms with Crippen molar-refractivity contribution in [2.24, 2.45) is 0 Å². The van der Waals surface area contributed by atoms with Crippen molar-refractivity contribution in [3.05, 3.63) is 76.0 Å². The second-order valence-electron chi connectivity index (χ2n) is 7.39. The van der Waals surface area contributed by atoms with Crippen molar-refractivity contribution in [1.29, 1.82) is 0 Å². The number of nitrogens with one attached hydrogen (secondary N) is 1. The van der Waals surface area contributed by atoms with Crippen LogP contribution in [0.3, 0.4) is 0 Å². The van der Waals surface area contributed by atoms with E-state index in [4.69, 9.17) is 0 Å². The zero-order valence-electron chi connectivity index (χ0n) is 17.0. The highest BCUT2D eigenvalue weighted by atomic mass is 32.2. The zero-order valence-corrected chi connectivity index (χ0v) is 18.6. The largest absolute Gasteiger partial charge is 0.298 e. The Kier molecular flexibility index (Phi) is 6.17. The van der Waals surface area contributed by atoms with E-state index in [9.17, 15) is 17.6 Å². The first-order valence-corrected chi connectivity index (χ1v) is 12.2. The third-order valence-corrected chi connectivity index (χ3v) is 8.23. The van der Waals surface area contributed by atoms with Gasteiger partial charge in [0, 0.05) is 30.0 Å². The number of thiazole rings is 1. The first-order chi connectivity index (χ1) is 14.8. The van der Waals surface area contributed by atoms with Gasteiger partial charge in [-0.3, -0.25) is 10.1 Å². The molecule has 1 aliphatic heterocycles. The van der Waals surface area contributed by atoms with Crippen LogP contribution in [-0.2, 0) is 16.4 Å². The highest BCUT2D eigenvalue weighted by molar-refractivity contribution is 7.89. The third-order valence-electron chi connectivity index (χ3n) is 5.24. The monoisotopic (exact) mass is 459 g/mol. The van der Waals surface area contributed by atoms with Crippen LogP contribution in [0.15, 0.2) is 53.4 Å². The van der Waals surface area contributed by atoms with E-state index in [1.807, 2.05) is 6.92 Å². The van der Waals surface area contributed by atoms with Gasteiger partial charge in [0.05, 0.1) is 10.6 Å². The van der Waals surface area contributed by atoms with Crippen LogP contribution in [-0.4, -0.2) is 36.7 Å². The van der Waals surface area contributed by atoms with Crippen molar-refractivity contribution in [3.8, 4) is 0 Å². The molecule has 0 bridgehead atoms. The summed E-state index contributed by atoms with van der Waals surface area (Å²) in [4.78, 5) is 18.0. The van der Waals surface area contributed by atoms with Gasteiger partial charge in [-0.25, -0.2) is 17.8 Å². The molecule has 6 nitrogen and oxygen atoms in total. The molecule has 0 radical (unpaired) electrons. The van der Waals surface area contributed by atoms with Crippen LogP contribution in [0.5, 0.6) is 0 Å². The third kappa shape index (κ3) is 4.68. The van der Waals surface area contributed by atoms with Crippen LogP contribution in [0.4, 0.5) is 9.52 Å².